The highest BCUT2D eigenvalue weighted by molar-refractivity contribution is 7.13. The normalized spacial score (nSPS) is 13.4. The quantitative estimate of drug-likeness (QED) is 0.365. The SMILES string of the molecule is CCN(CC(C)C(N)=NO)C(=O)c1cnc(C)s1. The van der Waals surface area contributed by atoms with E-state index in [2.05, 4.69) is 10.1 Å². The molecule has 0 aliphatic carbocycles. The van der Waals surface area contributed by atoms with Gasteiger partial charge in [0, 0.05) is 19.0 Å². The van der Waals surface area contributed by atoms with Crippen LogP contribution in [-0.4, -0.2) is 39.9 Å². The molecule has 0 spiro atoms. The van der Waals surface area contributed by atoms with Crippen molar-refractivity contribution in [2.75, 3.05) is 13.1 Å². The van der Waals surface area contributed by atoms with Gasteiger partial charge in [0.1, 0.15) is 10.7 Å². The lowest BCUT2D eigenvalue weighted by molar-refractivity contribution is 0.0758. The number of aryl methyl sites for hydroxylation is 1. The van der Waals surface area contributed by atoms with E-state index >= 15 is 0 Å². The molecule has 7 heteroatoms. The second kappa shape index (κ2) is 6.34. The predicted molar refractivity (Wildman–Crippen MR) is 71.0 cm³/mol. The Morgan fingerprint density at radius 2 is 2.39 bits per heavy atom. The Labute approximate surface area is 110 Å². The van der Waals surface area contributed by atoms with Gasteiger partial charge < -0.3 is 15.8 Å². The highest BCUT2D eigenvalue weighted by atomic mass is 32.1. The molecule has 0 radical (unpaired) electrons. The van der Waals surface area contributed by atoms with Crippen LogP contribution in [-0.2, 0) is 0 Å². The number of thiazole rings is 1. The summed E-state index contributed by atoms with van der Waals surface area (Å²) in [7, 11) is 0. The Balaban J connectivity index is 2.75. The smallest absolute Gasteiger partial charge is 0.265 e. The maximum Gasteiger partial charge on any atom is 0.265 e. The predicted octanol–water partition coefficient (Wildman–Crippen LogP) is 1.30. The Morgan fingerprint density at radius 3 is 2.83 bits per heavy atom. The van der Waals surface area contributed by atoms with Gasteiger partial charge in [-0.25, -0.2) is 4.98 Å². The molecule has 6 nitrogen and oxygen atoms in total. The summed E-state index contributed by atoms with van der Waals surface area (Å²) in [4.78, 5) is 18.5. The Hall–Kier alpha value is -1.63. The lowest BCUT2D eigenvalue weighted by atomic mass is 10.1. The molecule has 3 N–H and O–H groups in total. The van der Waals surface area contributed by atoms with Crippen molar-refractivity contribution in [2.45, 2.75) is 20.8 Å². The van der Waals surface area contributed by atoms with Crippen LogP contribution in [0, 0.1) is 12.8 Å². The van der Waals surface area contributed by atoms with Gasteiger partial charge in [-0.2, -0.15) is 0 Å². The molecule has 1 aromatic rings. The number of nitrogens with zero attached hydrogens (tertiary/aromatic N) is 3. The van der Waals surface area contributed by atoms with Crippen molar-refractivity contribution < 1.29 is 10.0 Å². The molecule has 0 aliphatic heterocycles. The van der Waals surface area contributed by atoms with Gasteiger partial charge in [0.05, 0.1) is 11.2 Å². The number of amides is 1. The van der Waals surface area contributed by atoms with Crippen LogP contribution in [0.5, 0.6) is 0 Å². The van der Waals surface area contributed by atoms with Crippen molar-refractivity contribution in [3.63, 3.8) is 0 Å². The minimum atomic E-state index is -0.187. The molecule has 1 heterocycles. The van der Waals surface area contributed by atoms with Gasteiger partial charge in [0.2, 0.25) is 0 Å². The van der Waals surface area contributed by atoms with Gasteiger partial charge in [-0.15, -0.1) is 11.3 Å². The van der Waals surface area contributed by atoms with Gasteiger partial charge >= 0.3 is 0 Å². The molecule has 100 valence electrons. The molecule has 0 bridgehead atoms. The molecule has 1 amide bonds. The van der Waals surface area contributed by atoms with Crippen molar-refractivity contribution >= 4 is 23.1 Å². The Bertz CT molecular complexity index is 444. The first-order valence-corrected chi connectivity index (χ1v) is 6.50. The highest BCUT2D eigenvalue weighted by Crippen LogP contribution is 2.15. The van der Waals surface area contributed by atoms with Gasteiger partial charge in [0.15, 0.2) is 0 Å². The molecular weight excluding hydrogens is 252 g/mol. The average molecular weight is 270 g/mol. The summed E-state index contributed by atoms with van der Waals surface area (Å²) in [6, 6.07) is 0. The number of nitrogens with two attached hydrogens (primary N) is 1. The number of hydrogen-bond acceptors (Lipinski definition) is 5. The Kier molecular flexibility index (Phi) is 5.08. The summed E-state index contributed by atoms with van der Waals surface area (Å²) in [6.45, 7) is 6.55. The first-order valence-electron chi connectivity index (χ1n) is 5.68. The third-order valence-electron chi connectivity index (χ3n) is 2.62. The van der Waals surface area contributed by atoms with E-state index in [1.807, 2.05) is 20.8 Å². The monoisotopic (exact) mass is 270 g/mol. The summed E-state index contributed by atoms with van der Waals surface area (Å²) in [5.41, 5.74) is 5.51. The van der Waals surface area contributed by atoms with Gasteiger partial charge in [-0.05, 0) is 13.8 Å². The lowest BCUT2D eigenvalue weighted by Crippen LogP contribution is -2.38. The van der Waals surface area contributed by atoms with E-state index in [1.54, 1.807) is 11.1 Å². The molecule has 0 aromatic carbocycles. The second-order valence-electron chi connectivity index (χ2n) is 4.01. The topological polar surface area (TPSA) is 91.8 Å². The molecular formula is C11H18N4O2S. The number of aromatic nitrogens is 1. The molecule has 18 heavy (non-hydrogen) atoms. The number of oxime groups is 1. The fraction of sp³-hybridized carbons (Fsp3) is 0.545. The average Bonchev–Trinajstić information content (AvgIpc) is 2.80. The molecule has 1 atom stereocenters. The Morgan fingerprint density at radius 1 is 1.72 bits per heavy atom. The number of carbonyl (C=O) groups excluding carboxylic acids is 1. The van der Waals surface area contributed by atoms with Crippen molar-refractivity contribution in [1.29, 1.82) is 0 Å². The van der Waals surface area contributed by atoms with Crippen LogP contribution in [0.1, 0.15) is 28.5 Å². The fourth-order valence-corrected chi connectivity index (χ4v) is 2.24. The van der Waals surface area contributed by atoms with E-state index in [0.717, 1.165) is 5.01 Å². The van der Waals surface area contributed by atoms with Gasteiger partial charge in [-0.3, -0.25) is 4.79 Å². The minimum Gasteiger partial charge on any atom is -0.409 e. The van der Waals surface area contributed by atoms with E-state index < -0.39 is 0 Å². The highest BCUT2D eigenvalue weighted by Gasteiger charge is 2.20. The zero-order chi connectivity index (χ0) is 13.7. The van der Waals surface area contributed by atoms with E-state index in [0.29, 0.717) is 18.0 Å². The molecule has 1 unspecified atom stereocenters. The van der Waals surface area contributed by atoms with Crippen molar-refractivity contribution in [2.24, 2.45) is 16.8 Å². The third-order valence-corrected chi connectivity index (χ3v) is 3.52. The summed E-state index contributed by atoms with van der Waals surface area (Å²) in [5, 5.41) is 12.4. The summed E-state index contributed by atoms with van der Waals surface area (Å²) >= 11 is 1.37. The number of carbonyl (C=O) groups is 1. The van der Waals surface area contributed by atoms with Crippen LogP contribution in [0.15, 0.2) is 11.4 Å². The molecule has 1 aromatic heterocycles. The zero-order valence-electron chi connectivity index (χ0n) is 10.8. The van der Waals surface area contributed by atoms with Gasteiger partial charge in [0.25, 0.3) is 5.91 Å². The van der Waals surface area contributed by atoms with Crippen LogP contribution in [0.3, 0.4) is 0 Å². The first kappa shape index (κ1) is 14.4. The van der Waals surface area contributed by atoms with E-state index in [9.17, 15) is 4.79 Å². The van der Waals surface area contributed by atoms with Gasteiger partial charge in [-0.1, -0.05) is 12.1 Å². The molecule has 1 rings (SSSR count). The van der Waals surface area contributed by atoms with Crippen LogP contribution in [0.4, 0.5) is 0 Å². The second-order valence-corrected chi connectivity index (χ2v) is 5.25. The zero-order valence-corrected chi connectivity index (χ0v) is 11.6. The molecule has 0 fully saturated rings. The van der Waals surface area contributed by atoms with Crippen molar-refractivity contribution in [1.82, 2.24) is 9.88 Å². The number of hydrogen-bond donors (Lipinski definition) is 2. The van der Waals surface area contributed by atoms with E-state index in [4.69, 9.17) is 10.9 Å². The summed E-state index contributed by atoms with van der Waals surface area (Å²) in [6.07, 6.45) is 1.58. The number of rotatable bonds is 5. The maximum absolute atomic E-state index is 12.2. The molecule has 0 saturated carbocycles. The standard InChI is InChI=1S/C11H18N4O2S/c1-4-15(6-7(2)10(12)14-17)11(16)9-5-13-8(3)18-9/h5,7,17H,4,6H2,1-3H3,(H2,12,14). The third kappa shape index (κ3) is 3.43. The first-order chi connectivity index (χ1) is 8.49. The van der Waals surface area contributed by atoms with Crippen LogP contribution < -0.4 is 5.73 Å². The van der Waals surface area contributed by atoms with E-state index in [1.165, 1.54) is 11.3 Å². The summed E-state index contributed by atoms with van der Waals surface area (Å²) in [5.74, 6) is -0.129. The number of amidine groups is 1. The molecule has 0 saturated heterocycles. The summed E-state index contributed by atoms with van der Waals surface area (Å²) < 4.78 is 0. The van der Waals surface area contributed by atoms with Crippen LogP contribution in [0.2, 0.25) is 0 Å². The van der Waals surface area contributed by atoms with Crippen LogP contribution >= 0.6 is 11.3 Å². The maximum atomic E-state index is 12.2. The van der Waals surface area contributed by atoms with Crippen molar-refractivity contribution in [3.05, 3.63) is 16.1 Å². The minimum absolute atomic E-state index is 0.0688. The fourth-order valence-electron chi connectivity index (χ4n) is 1.49. The van der Waals surface area contributed by atoms with Crippen LogP contribution in [0.25, 0.3) is 0 Å². The van der Waals surface area contributed by atoms with E-state index in [-0.39, 0.29) is 17.7 Å². The lowest BCUT2D eigenvalue weighted by Gasteiger charge is -2.23. The van der Waals surface area contributed by atoms with Crippen molar-refractivity contribution in [3.8, 4) is 0 Å². The molecule has 0 aliphatic rings. The largest absolute Gasteiger partial charge is 0.409 e.